The molecule has 1 aliphatic rings. The summed E-state index contributed by atoms with van der Waals surface area (Å²) in [6.07, 6.45) is 2.17. The van der Waals surface area contributed by atoms with Crippen LogP contribution in [0.1, 0.15) is 27.9 Å². The zero-order valence-electron chi connectivity index (χ0n) is 20.4. The maximum Gasteiger partial charge on any atom is 0.237 e. The van der Waals surface area contributed by atoms with Crippen LogP contribution in [-0.2, 0) is 17.8 Å². The van der Waals surface area contributed by atoms with Gasteiger partial charge in [0.15, 0.2) is 11.6 Å². The van der Waals surface area contributed by atoms with Crippen molar-refractivity contribution in [3.05, 3.63) is 88.7 Å². The van der Waals surface area contributed by atoms with Crippen LogP contribution in [0.15, 0.2) is 65.8 Å². The summed E-state index contributed by atoms with van der Waals surface area (Å²) in [6, 6.07) is 17.5. The molecule has 2 aromatic heterocycles. The lowest BCUT2D eigenvalue weighted by atomic mass is 9.99. The molecule has 5 rings (SSSR count). The number of carbonyl (C=O) groups is 1. The van der Waals surface area contributed by atoms with Gasteiger partial charge in [-0.15, -0.1) is 0 Å². The van der Waals surface area contributed by atoms with Crippen molar-refractivity contribution in [2.45, 2.75) is 31.9 Å². The topological polar surface area (TPSA) is 88.4 Å². The minimum absolute atomic E-state index is 0.0381. The summed E-state index contributed by atoms with van der Waals surface area (Å²) >= 11 is 1.37. The van der Waals surface area contributed by atoms with E-state index in [1.807, 2.05) is 68.4 Å². The number of para-hydroxylation sites is 1. The summed E-state index contributed by atoms with van der Waals surface area (Å²) in [5.74, 6) is 1.79. The molecule has 4 aromatic rings. The molecule has 7 nitrogen and oxygen atoms in total. The van der Waals surface area contributed by atoms with Crippen LogP contribution in [0, 0.1) is 13.8 Å². The number of benzene rings is 2. The first-order valence-corrected chi connectivity index (χ1v) is 12.6. The molecule has 0 atom stereocenters. The highest BCUT2D eigenvalue weighted by Gasteiger charge is 2.28. The van der Waals surface area contributed by atoms with E-state index < -0.39 is 0 Å². The van der Waals surface area contributed by atoms with Crippen molar-refractivity contribution in [3.63, 3.8) is 0 Å². The number of aliphatic hydroxyl groups is 1. The van der Waals surface area contributed by atoms with Crippen LogP contribution < -0.4 is 9.64 Å². The van der Waals surface area contributed by atoms with E-state index in [9.17, 15) is 9.90 Å². The zero-order valence-corrected chi connectivity index (χ0v) is 21.2. The molecule has 0 aliphatic carbocycles. The Morgan fingerprint density at radius 2 is 1.89 bits per heavy atom. The normalized spacial score (nSPS) is 11.9. The lowest BCUT2D eigenvalue weighted by Crippen LogP contribution is -2.28. The van der Waals surface area contributed by atoms with Gasteiger partial charge in [-0.2, -0.15) is 4.98 Å². The van der Waals surface area contributed by atoms with Crippen LogP contribution in [0.3, 0.4) is 0 Å². The smallest absolute Gasteiger partial charge is 0.237 e. The Labute approximate surface area is 214 Å². The second kappa shape index (κ2) is 10.1. The first-order chi connectivity index (χ1) is 17.4. The first-order valence-electron chi connectivity index (χ1n) is 11.6. The number of anilines is 1. The lowest BCUT2D eigenvalue weighted by molar-refractivity contribution is -0.115. The number of carbonyl (C=O) groups excluding carboxylic acids is 1. The largest absolute Gasteiger partial charge is 0.436 e. The average Bonchev–Trinajstić information content (AvgIpc) is 2.91. The van der Waals surface area contributed by atoms with Crippen LogP contribution in [0.25, 0.3) is 11.4 Å². The molecule has 0 unspecified atom stereocenters. The van der Waals surface area contributed by atoms with Gasteiger partial charge in [-0.1, -0.05) is 53.7 Å². The Morgan fingerprint density at radius 1 is 1.08 bits per heavy atom. The Balaban J connectivity index is 1.52. The molecule has 0 fully saturated rings. The van der Waals surface area contributed by atoms with Crippen molar-refractivity contribution in [2.75, 3.05) is 17.7 Å². The number of pyridine rings is 1. The van der Waals surface area contributed by atoms with E-state index in [1.54, 1.807) is 18.1 Å². The van der Waals surface area contributed by atoms with Crippen molar-refractivity contribution in [1.82, 2.24) is 15.0 Å². The fourth-order valence-electron chi connectivity index (χ4n) is 4.15. The van der Waals surface area contributed by atoms with Crippen LogP contribution >= 0.6 is 11.8 Å². The molecule has 1 aliphatic heterocycles. The molecule has 0 bridgehead atoms. The number of aryl methyl sites for hydroxylation is 2. The molecule has 3 heterocycles. The highest BCUT2D eigenvalue weighted by Crippen LogP contribution is 2.42. The van der Waals surface area contributed by atoms with Crippen molar-refractivity contribution in [1.29, 1.82) is 0 Å². The van der Waals surface area contributed by atoms with Crippen molar-refractivity contribution in [2.24, 2.45) is 0 Å². The van der Waals surface area contributed by atoms with E-state index >= 15 is 0 Å². The number of ether oxygens (including phenoxy) is 1. The third-order valence-electron chi connectivity index (χ3n) is 6.18. The molecular formula is C28H26N4O3S. The molecule has 0 saturated carbocycles. The Kier molecular flexibility index (Phi) is 6.71. The van der Waals surface area contributed by atoms with Gasteiger partial charge in [0.1, 0.15) is 5.03 Å². The highest BCUT2D eigenvalue weighted by atomic mass is 32.2. The number of nitrogens with zero attached hydrogens (tertiary/aromatic N) is 4. The molecule has 2 aromatic carbocycles. The van der Waals surface area contributed by atoms with Crippen molar-refractivity contribution in [3.8, 4) is 23.0 Å². The highest BCUT2D eigenvalue weighted by molar-refractivity contribution is 8.00. The van der Waals surface area contributed by atoms with E-state index in [-0.39, 0.29) is 18.3 Å². The van der Waals surface area contributed by atoms with Gasteiger partial charge in [0.05, 0.1) is 23.6 Å². The third-order valence-corrected chi connectivity index (χ3v) is 7.19. The van der Waals surface area contributed by atoms with Gasteiger partial charge in [-0.3, -0.25) is 9.78 Å². The average molecular weight is 499 g/mol. The molecule has 0 radical (unpaired) electrons. The maximum absolute atomic E-state index is 13.0. The zero-order chi connectivity index (χ0) is 25.2. The summed E-state index contributed by atoms with van der Waals surface area (Å²) in [7, 11) is 1.77. The van der Waals surface area contributed by atoms with Gasteiger partial charge in [0, 0.05) is 42.0 Å². The van der Waals surface area contributed by atoms with Crippen LogP contribution in [0.5, 0.6) is 11.6 Å². The number of hydrogen-bond donors (Lipinski definition) is 1. The summed E-state index contributed by atoms with van der Waals surface area (Å²) in [5, 5.41) is 10.6. The summed E-state index contributed by atoms with van der Waals surface area (Å²) in [5.41, 5.74) is 5.93. The number of rotatable bonds is 6. The second-order valence-corrected chi connectivity index (χ2v) is 9.66. The molecule has 0 saturated heterocycles. The Hall–Kier alpha value is -3.75. The van der Waals surface area contributed by atoms with E-state index in [0.29, 0.717) is 34.5 Å². The number of aromatic nitrogens is 3. The number of hydrogen-bond acceptors (Lipinski definition) is 7. The minimum atomic E-state index is -0.140. The number of aliphatic hydroxyl groups excluding tert-OH is 1. The minimum Gasteiger partial charge on any atom is -0.436 e. The predicted molar refractivity (Wildman–Crippen MR) is 141 cm³/mol. The lowest BCUT2D eigenvalue weighted by Gasteiger charge is -2.24. The summed E-state index contributed by atoms with van der Waals surface area (Å²) in [6.45, 7) is 3.76. The predicted octanol–water partition coefficient (Wildman–Crippen LogP) is 5.10. The fourth-order valence-corrected chi connectivity index (χ4v) is 5.09. The van der Waals surface area contributed by atoms with E-state index in [0.717, 1.165) is 33.6 Å². The van der Waals surface area contributed by atoms with Gasteiger partial charge in [-0.05, 0) is 32.0 Å². The first kappa shape index (κ1) is 24.0. The molecule has 1 N–H and O–H groups in total. The second-order valence-electron chi connectivity index (χ2n) is 8.70. The number of amides is 1. The quantitative estimate of drug-likeness (QED) is 0.257. The molecule has 36 heavy (non-hydrogen) atoms. The van der Waals surface area contributed by atoms with E-state index in [1.165, 1.54) is 11.8 Å². The summed E-state index contributed by atoms with van der Waals surface area (Å²) in [4.78, 5) is 28.7. The van der Waals surface area contributed by atoms with Crippen LogP contribution in [0.2, 0.25) is 0 Å². The van der Waals surface area contributed by atoms with Crippen LogP contribution in [-0.4, -0.2) is 38.8 Å². The Bertz CT molecular complexity index is 1440. The molecular weight excluding hydrogens is 472 g/mol. The molecule has 1 amide bonds. The van der Waals surface area contributed by atoms with Crippen molar-refractivity contribution >= 4 is 23.4 Å². The van der Waals surface area contributed by atoms with Gasteiger partial charge in [0.25, 0.3) is 0 Å². The van der Waals surface area contributed by atoms with E-state index in [4.69, 9.17) is 14.7 Å². The molecule has 8 heteroatoms. The van der Waals surface area contributed by atoms with Gasteiger partial charge >= 0.3 is 0 Å². The fraction of sp³-hybridized carbons (Fsp3) is 0.214. The third kappa shape index (κ3) is 4.69. The monoisotopic (exact) mass is 498 g/mol. The van der Waals surface area contributed by atoms with E-state index in [2.05, 4.69) is 4.98 Å². The van der Waals surface area contributed by atoms with Gasteiger partial charge in [-0.25, -0.2) is 4.98 Å². The SMILES string of the molecule is Cc1cccc(-c2nc3c(c(SCC(=O)N(C)c4ccccc4)n2)Cc2c(CO)cnc(C)c2O3)c1. The van der Waals surface area contributed by atoms with Crippen molar-refractivity contribution < 1.29 is 14.6 Å². The number of thioether (sulfide) groups is 1. The van der Waals surface area contributed by atoms with Gasteiger partial charge < -0.3 is 14.7 Å². The number of fused-ring (bicyclic) bond motifs is 2. The molecule has 182 valence electrons. The van der Waals surface area contributed by atoms with Crippen LogP contribution in [0.4, 0.5) is 5.69 Å². The Morgan fingerprint density at radius 3 is 2.64 bits per heavy atom. The van der Waals surface area contributed by atoms with Gasteiger partial charge in [0.2, 0.25) is 11.8 Å². The maximum atomic E-state index is 13.0. The molecule has 0 spiro atoms. The standard InChI is InChI=1S/C28H26N4O3S/c1-17-8-7-9-19(12-17)26-30-27-23(13-22-20(15-33)14-29-18(2)25(22)35-27)28(31-26)36-16-24(34)32(3)21-10-5-4-6-11-21/h4-12,14,33H,13,15-16H2,1-3H3. The summed E-state index contributed by atoms with van der Waals surface area (Å²) < 4.78 is 6.27.